The molecule has 6 rings (SSSR count). The van der Waals surface area contributed by atoms with Gasteiger partial charge in [-0.1, -0.05) is 111 Å². The summed E-state index contributed by atoms with van der Waals surface area (Å²) < 4.78 is 3.54. The van der Waals surface area contributed by atoms with Gasteiger partial charge in [0.2, 0.25) is 0 Å². The highest BCUT2D eigenvalue weighted by Crippen LogP contribution is 2.42. The van der Waals surface area contributed by atoms with Crippen LogP contribution in [0.3, 0.4) is 0 Å². The Morgan fingerprint density at radius 1 is 0.956 bits per heavy atom. The molecular formula is C41H38N2OS. The molecule has 2 heterocycles. The molecule has 4 heteroatoms. The summed E-state index contributed by atoms with van der Waals surface area (Å²) in [5.74, 6) is 0.126. The highest BCUT2D eigenvalue weighted by atomic mass is 32.1. The molecule has 1 N–H and O–H groups in total. The van der Waals surface area contributed by atoms with Gasteiger partial charge < -0.3 is 9.67 Å². The van der Waals surface area contributed by atoms with E-state index < -0.39 is 0 Å². The Morgan fingerprint density at radius 3 is 2.53 bits per heavy atom. The first-order valence-electron chi connectivity index (χ1n) is 15.5. The second-order valence-corrected chi connectivity index (χ2v) is 12.2. The molecule has 1 aliphatic carbocycles. The number of allylic oxidation sites excluding steroid dienone is 13. The molecule has 0 saturated heterocycles. The summed E-state index contributed by atoms with van der Waals surface area (Å²) in [6, 6.07) is 21.7. The van der Waals surface area contributed by atoms with E-state index in [9.17, 15) is 5.11 Å². The predicted molar refractivity (Wildman–Crippen MR) is 196 cm³/mol. The summed E-state index contributed by atoms with van der Waals surface area (Å²) in [6.07, 6.45) is 23.8. The molecule has 0 saturated carbocycles. The number of hydrogen-bond donors (Lipinski definition) is 1. The Bertz CT molecular complexity index is 2110. The Kier molecular flexibility index (Phi) is 9.06. The fourth-order valence-electron chi connectivity index (χ4n) is 5.99. The van der Waals surface area contributed by atoms with Crippen molar-refractivity contribution in [1.29, 1.82) is 0 Å². The van der Waals surface area contributed by atoms with Crippen LogP contribution in [-0.4, -0.2) is 21.3 Å². The minimum Gasteiger partial charge on any atom is -0.392 e. The molecule has 0 bridgehead atoms. The number of benzene rings is 3. The normalized spacial score (nSPS) is 15.2. The van der Waals surface area contributed by atoms with E-state index >= 15 is 0 Å². The Labute approximate surface area is 269 Å². The second-order valence-electron chi connectivity index (χ2n) is 11.2. The van der Waals surface area contributed by atoms with Crippen molar-refractivity contribution in [3.8, 4) is 11.1 Å². The molecule has 0 aliphatic heterocycles. The fourth-order valence-corrected chi connectivity index (χ4v) is 7.04. The zero-order valence-electron chi connectivity index (χ0n) is 26.1. The summed E-state index contributed by atoms with van der Waals surface area (Å²) in [7, 11) is 0. The van der Waals surface area contributed by atoms with Gasteiger partial charge in [-0.15, -0.1) is 11.3 Å². The predicted octanol–water partition coefficient (Wildman–Crippen LogP) is 11.1. The molecule has 0 spiro atoms. The van der Waals surface area contributed by atoms with Crippen LogP contribution in [0.2, 0.25) is 0 Å². The molecule has 5 aromatic rings. The highest BCUT2D eigenvalue weighted by molar-refractivity contribution is 7.20. The summed E-state index contributed by atoms with van der Waals surface area (Å²) >= 11 is 1.69. The van der Waals surface area contributed by atoms with Gasteiger partial charge in [-0.3, -0.25) is 0 Å². The maximum Gasteiger partial charge on any atom is 0.124 e. The van der Waals surface area contributed by atoms with Crippen molar-refractivity contribution in [3.63, 3.8) is 0 Å². The van der Waals surface area contributed by atoms with Crippen LogP contribution in [0.15, 0.2) is 145 Å². The van der Waals surface area contributed by atoms with E-state index in [1.807, 2.05) is 50.3 Å². The number of aliphatic hydroxyl groups is 1. The van der Waals surface area contributed by atoms with E-state index in [1.165, 1.54) is 21.9 Å². The molecular weight excluding hydrogens is 569 g/mol. The van der Waals surface area contributed by atoms with Crippen molar-refractivity contribution >= 4 is 54.6 Å². The summed E-state index contributed by atoms with van der Waals surface area (Å²) in [5.41, 5.74) is 9.72. The Balaban J connectivity index is 1.62. The SMILES string of the molecule is C=C(/C=C\C=C/C)c1nc2ccc3c4cc(-c5ccccc5)ccc4n(C4=CCC=C(CO)C(C(C)/C=C\C=C/C)=C4)c3c2s1. The number of aromatic nitrogens is 2. The molecule has 1 unspecified atom stereocenters. The smallest absolute Gasteiger partial charge is 0.124 e. The van der Waals surface area contributed by atoms with E-state index in [-0.39, 0.29) is 12.5 Å². The van der Waals surface area contributed by atoms with Crippen molar-refractivity contribution < 1.29 is 5.11 Å². The third kappa shape index (κ3) is 6.00. The molecule has 224 valence electrons. The average molecular weight is 607 g/mol. The minimum absolute atomic E-state index is 0.00760. The van der Waals surface area contributed by atoms with E-state index in [1.54, 1.807) is 11.3 Å². The molecule has 1 aliphatic rings. The molecule has 0 fully saturated rings. The number of fused-ring (bicyclic) bond motifs is 5. The van der Waals surface area contributed by atoms with Gasteiger partial charge in [0.25, 0.3) is 0 Å². The average Bonchev–Trinajstić information content (AvgIpc) is 3.57. The first kappa shape index (κ1) is 30.3. The number of rotatable bonds is 9. The van der Waals surface area contributed by atoms with E-state index in [2.05, 4.69) is 109 Å². The number of aliphatic hydroxyl groups excluding tert-OH is 1. The van der Waals surface area contributed by atoms with Crippen LogP contribution in [0.25, 0.3) is 54.4 Å². The van der Waals surface area contributed by atoms with Gasteiger partial charge in [0.1, 0.15) is 5.01 Å². The zero-order valence-corrected chi connectivity index (χ0v) is 26.9. The Hall–Kier alpha value is -4.77. The molecule has 0 radical (unpaired) electrons. The summed E-state index contributed by atoms with van der Waals surface area (Å²) in [6.45, 7) is 10.5. The van der Waals surface area contributed by atoms with Gasteiger partial charge in [0.05, 0.1) is 27.9 Å². The molecule has 1 atom stereocenters. The maximum absolute atomic E-state index is 10.4. The van der Waals surface area contributed by atoms with Gasteiger partial charge in [0.15, 0.2) is 0 Å². The molecule has 0 amide bonds. The Morgan fingerprint density at radius 2 is 1.76 bits per heavy atom. The maximum atomic E-state index is 10.4. The number of hydrogen-bond acceptors (Lipinski definition) is 3. The molecule has 3 nitrogen and oxygen atoms in total. The minimum atomic E-state index is 0.00760. The molecule has 2 aromatic heterocycles. The third-order valence-electron chi connectivity index (χ3n) is 8.25. The lowest BCUT2D eigenvalue weighted by Crippen LogP contribution is -2.04. The lowest BCUT2D eigenvalue weighted by molar-refractivity contribution is 0.331. The number of nitrogens with zero attached hydrogens (tertiary/aromatic N) is 2. The number of thiazole rings is 1. The molecule has 3 aromatic carbocycles. The van der Waals surface area contributed by atoms with Crippen LogP contribution in [-0.2, 0) is 0 Å². The van der Waals surface area contributed by atoms with E-state index in [4.69, 9.17) is 4.98 Å². The summed E-state index contributed by atoms with van der Waals surface area (Å²) in [4.78, 5) is 5.03. The van der Waals surface area contributed by atoms with E-state index in [0.717, 1.165) is 55.1 Å². The van der Waals surface area contributed by atoms with Crippen molar-refractivity contribution in [2.75, 3.05) is 6.61 Å². The highest BCUT2D eigenvalue weighted by Gasteiger charge is 2.21. The monoisotopic (exact) mass is 606 g/mol. The van der Waals surface area contributed by atoms with Crippen LogP contribution in [0.1, 0.15) is 32.2 Å². The van der Waals surface area contributed by atoms with Gasteiger partial charge in [-0.2, -0.15) is 0 Å². The first-order valence-corrected chi connectivity index (χ1v) is 16.3. The van der Waals surface area contributed by atoms with Crippen LogP contribution in [0.4, 0.5) is 0 Å². The first-order chi connectivity index (χ1) is 22.0. The third-order valence-corrected chi connectivity index (χ3v) is 9.41. The van der Waals surface area contributed by atoms with Crippen molar-refractivity contribution in [3.05, 3.63) is 150 Å². The summed E-state index contributed by atoms with van der Waals surface area (Å²) in [5, 5.41) is 13.7. The second kappa shape index (κ2) is 13.5. The van der Waals surface area contributed by atoms with Crippen molar-refractivity contribution in [2.24, 2.45) is 5.92 Å². The standard InChI is InChI=1S/C41H38N2OS/c1-5-7-10-15-28(3)35-26-33(20-14-19-32(35)27-44)43-38-24-21-31(30-17-12-9-13-18-30)25-36(38)34-22-23-37-40(39(34)43)45-41(42-37)29(4)16-11-8-6-2/h5-13,15-26,28,44H,4,14,27H2,1-3H3/b7-5-,8-6-,15-10-,16-11-. The van der Waals surface area contributed by atoms with Crippen molar-refractivity contribution in [1.82, 2.24) is 9.55 Å². The van der Waals surface area contributed by atoms with Crippen LogP contribution in [0, 0.1) is 5.92 Å². The molecule has 45 heavy (non-hydrogen) atoms. The van der Waals surface area contributed by atoms with Gasteiger partial charge >= 0.3 is 0 Å². The van der Waals surface area contributed by atoms with Gasteiger partial charge in [0, 0.05) is 22.0 Å². The van der Waals surface area contributed by atoms with E-state index in [0.29, 0.717) is 0 Å². The lowest BCUT2D eigenvalue weighted by atomic mass is 9.93. The van der Waals surface area contributed by atoms with Crippen LogP contribution < -0.4 is 0 Å². The van der Waals surface area contributed by atoms with Gasteiger partial charge in [-0.05, 0) is 78.8 Å². The largest absolute Gasteiger partial charge is 0.392 e. The van der Waals surface area contributed by atoms with Crippen LogP contribution in [0.5, 0.6) is 0 Å². The lowest BCUT2D eigenvalue weighted by Gasteiger charge is -2.16. The van der Waals surface area contributed by atoms with Crippen molar-refractivity contribution in [2.45, 2.75) is 27.2 Å². The quantitative estimate of drug-likeness (QED) is 0.170. The zero-order chi connectivity index (χ0) is 31.3. The fraction of sp³-hybridized carbons (Fsp3) is 0.146. The van der Waals surface area contributed by atoms with Gasteiger partial charge in [-0.25, -0.2) is 4.98 Å². The van der Waals surface area contributed by atoms with Crippen LogP contribution >= 0.6 is 11.3 Å². The topological polar surface area (TPSA) is 38.0 Å².